The normalized spacial score (nSPS) is 25.5. The maximum atomic E-state index is 3.96. The molecule has 0 spiro atoms. The quantitative estimate of drug-likeness (QED) is 0.227. The molecule has 0 aliphatic heterocycles. The van der Waals surface area contributed by atoms with Gasteiger partial charge in [-0.3, -0.25) is 0 Å². The Hall–Kier alpha value is -0.0400. The van der Waals surface area contributed by atoms with Gasteiger partial charge in [0.1, 0.15) is 0 Å². The van der Waals surface area contributed by atoms with E-state index in [4.69, 9.17) is 0 Å². The second-order valence-electron chi connectivity index (χ2n) is 13.1. The van der Waals surface area contributed by atoms with Gasteiger partial charge in [-0.2, -0.15) is 0 Å². The van der Waals surface area contributed by atoms with E-state index >= 15 is 0 Å². The first-order chi connectivity index (χ1) is 16.4. The van der Waals surface area contributed by atoms with Crippen LogP contribution in [0.4, 0.5) is 0 Å². The van der Waals surface area contributed by atoms with E-state index in [1.165, 1.54) is 103 Å². The monoisotopic (exact) mass is 457 g/mol. The molecule has 4 aliphatic carbocycles. The van der Waals surface area contributed by atoms with E-state index in [-0.39, 0.29) is 0 Å². The fourth-order valence-electron chi connectivity index (χ4n) is 8.72. The van der Waals surface area contributed by atoms with E-state index in [1.807, 2.05) is 0 Å². The lowest BCUT2D eigenvalue weighted by Crippen LogP contribution is -2.25. The van der Waals surface area contributed by atoms with Crippen LogP contribution in [-0.4, -0.2) is 13.1 Å². The van der Waals surface area contributed by atoms with Crippen molar-refractivity contribution in [3.8, 4) is 0 Å². The van der Waals surface area contributed by atoms with Gasteiger partial charge in [-0.05, 0) is 61.4 Å². The van der Waals surface area contributed by atoms with Crippen LogP contribution in [0.5, 0.6) is 0 Å². The highest BCUT2D eigenvalue weighted by Crippen LogP contribution is 2.38. The highest BCUT2D eigenvalue weighted by molar-refractivity contribution is 4.79. The maximum absolute atomic E-state index is 3.96. The summed E-state index contributed by atoms with van der Waals surface area (Å²) in [6, 6.07) is 0. The van der Waals surface area contributed by atoms with E-state index in [1.54, 1.807) is 64.2 Å². The minimum absolute atomic E-state index is 1.03. The molecule has 0 aromatic carbocycles. The van der Waals surface area contributed by atoms with Crippen LogP contribution in [0.25, 0.3) is 0 Å². The Bertz CT molecular complexity index is 433. The number of rotatable bonds is 16. The average Bonchev–Trinajstić information content (AvgIpc) is 3.65. The summed E-state index contributed by atoms with van der Waals surface area (Å²) in [7, 11) is 0. The second kappa shape index (κ2) is 15.2. The predicted octanol–water partition coefficient (Wildman–Crippen LogP) is 9.69. The molecule has 0 saturated heterocycles. The van der Waals surface area contributed by atoms with Gasteiger partial charge in [-0.25, -0.2) is 0 Å². The molecule has 4 fully saturated rings. The number of nitrogens with one attached hydrogen (secondary N) is 1. The summed E-state index contributed by atoms with van der Waals surface area (Å²) in [4.78, 5) is 0. The minimum Gasteiger partial charge on any atom is -0.317 e. The Morgan fingerprint density at radius 1 is 0.455 bits per heavy atom. The van der Waals surface area contributed by atoms with Gasteiger partial charge in [0.05, 0.1) is 0 Å². The lowest BCUT2D eigenvalue weighted by Gasteiger charge is -2.26. The SMILES string of the molecule is C1CCC(CCCC(CCNCCC(CCCC2CCCC2)C2CCCC2)C2CCCC2)C1. The van der Waals surface area contributed by atoms with Crippen molar-refractivity contribution in [1.82, 2.24) is 5.32 Å². The molecule has 0 bridgehead atoms. The van der Waals surface area contributed by atoms with Crippen molar-refractivity contribution >= 4 is 0 Å². The second-order valence-corrected chi connectivity index (χ2v) is 13.1. The van der Waals surface area contributed by atoms with Gasteiger partial charge in [-0.1, -0.05) is 141 Å². The fourth-order valence-corrected chi connectivity index (χ4v) is 8.72. The van der Waals surface area contributed by atoms with Crippen LogP contribution in [0, 0.1) is 35.5 Å². The average molecular weight is 458 g/mol. The highest BCUT2D eigenvalue weighted by Gasteiger charge is 2.27. The smallest absolute Gasteiger partial charge is 0.00462 e. The molecular weight excluding hydrogens is 398 g/mol. The molecule has 0 aromatic heterocycles. The van der Waals surface area contributed by atoms with E-state index < -0.39 is 0 Å². The third-order valence-electron chi connectivity index (χ3n) is 10.8. The summed E-state index contributed by atoms with van der Waals surface area (Å²) < 4.78 is 0. The molecule has 0 heterocycles. The standard InChI is InChI=1S/C32H59N/c1-2-12-27(11-1)15-9-21-31(29-17-5-6-18-29)23-25-33-26-24-32(30-19-7-8-20-30)22-10-16-28-13-3-4-14-28/h27-33H,1-26H2. The van der Waals surface area contributed by atoms with Crippen LogP contribution in [-0.2, 0) is 0 Å². The molecule has 1 nitrogen and oxygen atoms in total. The summed E-state index contributed by atoms with van der Waals surface area (Å²) in [6.07, 6.45) is 36.6. The van der Waals surface area contributed by atoms with E-state index in [2.05, 4.69) is 5.32 Å². The lowest BCUT2D eigenvalue weighted by atomic mass is 9.82. The minimum atomic E-state index is 1.03. The summed E-state index contributed by atoms with van der Waals surface area (Å²) in [5, 5.41) is 3.96. The van der Waals surface area contributed by atoms with Crippen molar-refractivity contribution in [2.75, 3.05) is 13.1 Å². The van der Waals surface area contributed by atoms with Crippen molar-refractivity contribution in [1.29, 1.82) is 0 Å². The molecule has 4 aliphatic rings. The van der Waals surface area contributed by atoms with Crippen molar-refractivity contribution in [3.05, 3.63) is 0 Å². The van der Waals surface area contributed by atoms with Crippen molar-refractivity contribution in [3.63, 3.8) is 0 Å². The summed E-state index contributed by atoms with van der Waals surface area (Å²) in [6.45, 7) is 2.59. The van der Waals surface area contributed by atoms with Crippen molar-refractivity contribution in [2.24, 2.45) is 35.5 Å². The molecule has 2 unspecified atom stereocenters. The Morgan fingerprint density at radius 2 is 0.818 bits per heavy atom. The first-order valence-corrected chi connectivity index (χ1v) is 16.1. The lowest BCUT2D eigenvalue weighted by molar-refractivity contribution is 0.266. The first-order valence-electron chi connectivity index (χ1n) is 16.1. The summed E-state index contributed by atoms with van der Waals surface area (Å²) in [5.41, 5.74) is 0. The Morgan fingerprint density at radius 3 is 1.21 bits per heavy atom. The van der Waals surface area contributed by atoms with Gasteiger partial charge in [0.2, 0.25) is 0 Å². The molecule has 0 aromatic rings. The Kier molecular flexibility index (Phi) is 12.0. The predicted molar refractivity (Wildman–Crippen MR) is 145 cm³/mol. The van der Waals surface area contributed by atoms with Crippen LogP contribution < -0.4 is 5.32 Å². The number of hydrogen-bond acceptors (Lipinski definition) is 1. The van der Waals surface area contributed by atoms with E-state index in [0.29, 0.717) is 0 Å². The van der Waals surface area contributed by atoms with Crippen molar-refractivity contribution in [2.45, 2.75) is 154 Å². The van der Waals surface area contributed by atoms with Gasteiger partial charge < -0.3 is 5.32 Å². The molecule has 192 valence electrons. The fraction of sp³-hybridized carbons (Fsp3) is 1.00. The van der Waals surface area contributed by atoms with Crippen LogP contribution >= 0.6 is 0 Å². The molecule has 1 N–H and O–H groups in total. The third-order valence-corrected chi connectivity index (χ3v) is 10.8. The molecular formula is C32H59N. The Balaban J connectivity index is 1.12. The zero-order chi connectivity index (χ0) is 22.6. The molecule has 0 radical (unpaired) electrons. The van der Waals surface area contributed by atoms with Gasteiger partial charge in [0.15, 0.2) is 0 Å². The van der Waals surface area contributed by atoms with Crippen LogP contribution in [0.3, 0.4) is 0 Å². The van der Waals surface area contributed by atoms with E-state index in [0.717, 1.165) is 35.5 Å². The maximum Gasteiger partial charge on any atom is -0.00462 e. The van der Waals surface area contributed by atoms with Crippen LogP contribution in [0.2, 0.25) is 0 Å². The third kappa shape index (κ3) is 9.16. The molecule has 4 saturated carbocycles. The molecule has 33 heavy (non-hydrogen) atoms. The Labute approximate surface area is 208 Å². The van der Waals surface area contributed by atoms with Crippen LogP contribution in [0.1, 0.15) is 154 Å². The molecule has 2 atom stereocenters. The van der Waals surface area contributed by atoms with Gasteiger partial charge in [0.25, 0.3) is 0 Å². The molecule has 1 heteroatoms. The highest BCUT2D eigenvalue weighted by atomic mass is 14.8. The summed E-state index contributed by atoms with van der Waals surface area (Å²) >= 11 is 0. The zero-order valence-corrected chi connectivity index (χ0v) is 22.3. The van der Waals surface area contributed by atoms with E-state index in [9.17, 15) is 0 Å². The zero-order valence-electron chi connectivity index (χ0n) is 22.3. The van der Waals surface area contributed by atoms with Gasteiger partial charge in [-0.15, -0.1) is 0 Å². The summed E-state index contributed by atoms with van der Waals surface area (Å²) in [5.74, 6) is 6.37. The number of hydrogen-bond donors (Lipinski definition) is 1. The molecule has 0 amide bonds. The van der Waals surface area contributed by atoms with Crippen LogP contribution in [0.15, 0.2) is 0 Å². The largest absolute Gasteiger partial charge is 0.317 e. The topological polar surface area (TPSA) is 12.0 Å². The van der Waals surface area contributed by atoms with Gasteiger partial charge >= 0.3 is 0 Å². The first kappa shape index (κ1) is 26.0. The molecule has 4 rings (SSSR count). The van der Waals surface area contributed by atoms with Gasteiger partial charge in [0, 0.05) is 0 Å². The van der Waals surface area contributed by atoms with Crippen molar-refractivity contribution < 1.29 is 0 Å².